The summed E-state index contributed by atoms with van der Waals surface area (Å²) >= 11 is 0. The minimum absolute atomic E-state index is 0.0163. The minimum Gasteiger partial charge on any atom is -0.347 e. The van der Waals surface area contributed by atoms with Crippen LogP contribution in [0.15, 0.2) is 58.0 Å². The Kier molecular flexibility index (Phi) is 4.04. The highest BCUT2D eigenvalue weighted by Gasteiger charge is 2.52. The van der Waals surface area contributed by atoms with Crippen LogP contribution in [0.4, 0.5) is 18.9 Å². The topological polar surface area (TPSA) is 94.9 Å². The summed E-state index contributed by atoms with van der Waals surface area (Å²) in [7, 11) is 1.72. The largest absolute Gasteiger partial charge is 0.416 e. The highest BCUT2D eigenvalue weighted by Crippen LogP contribution is 2.56. The molecule has 1 aliphatic heterocycles. The van der Waals surface area contributed by atoms with Gasteiger partial charge in [-0.1, -0.05) is 5.16 Å². The summed E-state index contributed by atoms with van der Waals surface area (Å²) in [6, 6.07) is 5.11. The third-order valence-corrected chi connectivity index (χ3v) is 6.07. The van der Waals surface area contributed by atoms with Crippen molar-refractivity contribution >= 4 is 16.9 Å². The molecule has 1 aromatic carbocycles. The van der Waals surface area contributed by atoms with Gasteiger partial charge in [0.15, 0.2) is 17.0 Å². The number of hydrogen-bond donors (Lipinski definition) is 0. The van der Waals surface area contributed by atoms with Gasteiger partial charge >= 0.3 is 6.18 Å². The molecule has 1 aliphatic carbocycles. The minimum atomic E-state index is -4.35. The van der Waals surface area contributed by atoms with Crippen LogP contribution in [0.2, 0.25) is 0 Å². The van der Waals surface area contributed by atoms with Gasteiger partial charge in [-0.3, -0.25) is 9.36 Å². The van der Waals surface area contributed by atoms with E-state index < -0.39 is 11.7 Å². The monoisotopic (exact) mass is 455 g/mol. The summed E-state index contributed by atoms with van der Waals surface area (Å²) in [5.74, 6) is 1.03. The van der Waals surface area contributed by atoms with Gasteiger partial charge in [0.25, 0.3) is 5.56 Å². The zero-order valence-electron chi connectivity index (χ0n) is 17.2. The molecule has 0 N–H and O–H groups in total. The van der Waals surface area contributed by atoms with E-state index in [9.17, 15) is 18.0 Å². The lowest BCUT2D eigenvalue weighted by Crippen LogP contribution is -2.22. The van der Waals surface area contributed by atoms with Gasteiger partial charge in [-0.05, 0) is 29.8 Å². The molecule has 12 heteroatoms. The summed E-state index contributed by atoms with van der Waals surface area (Å²) in [5.41, 5.74) is 1.66. The maximum atomic E-state index is 12.8. The van der Waals surface area contributed by atoms with Crippen molar-refractivity contribution in [2.75, 3.05) is 11.4 Å². The molecule has 0 spiro atoms. The zero-order chi connectivity index (χ0) is 22.9. The fraction of sp³-hybridized carbons (Fsp3) is 0.286. The molecular weight excluding hydrogens is 439 g/mol. The fourth-order valence-corrected chi connectivity index (χ4v) is 4.31. The van der Waals surface area contributed by atoms with Gasteiger partial charge in [0, 0.05) is 31.4 Å². The van der Waals surface area contributed by atoms with Crippen LogP contribution in [-0.2, 0) is 19.8 Å². The van der Waals surface area contributed by atoms with Gasteiger partial charge in [0.2, 0.25) is 5.89 Å². The van der Waals surface area contributed by atoms with E-state index in [-0.39, 0.29) is 23.9 Å². The number of nitrogens with zero attached hydrogens (tertiary/aromatic N) is 7. The molecule has 0 bridgehead atoms. The summed E-state index contributed by atoms with van der Waals surface area (Å²) < 4.78 is 46.6. The predicted octanol–water partition coefficient (Wildman–Crippen LogP) is 2.70. The van der Waals surface area contributed by atoms with Crippen molar-refractivity contribution in [3.8, 4) is 0 Å². The van der Waals surface area contributed by atoms with Gasteiger partial charge in [0.05, 0.1) is 17.8 Å². The summed E-state index contributed by atoms with van der Waals surface area (Å²) in [6.07, 6.45) is 0.509. The molecular formula is C21H16F3N7O2. The number of anilines is 1. The molecule has 2 atom stereocenters. The Balaban J connectivity index is 1.17. The Bertz CT molecular complexity index is 1470. The third kappa shape index (κ3) is 3.20. The number of benzene rings is 1. The Morgan fingerprint density at radius 1 is 1.15 bits per heavy atom. The first-order valence-corrected chi connectivity index (χ1v) is 10.1. The Morgan fingerprint density at radius 3 is 2.61 bits per heavy atom. The zero-order valence-corrected chi connectivity index (χ0v) is 17.2. The number of imidazole rings is 1. The van der Waals surface area contributed by atoms with Crippen LogP contribution in [0.3, 0.4) is 0 Å². The molecule has 1 fully saturated rings. The maximum Gasteiger partial charge on any atom is 0.416 e. The van der Waals surface area contributed by atoms with E-state index in [2.05, 4.69) is 20.1 Å². The highest BCUT2D eigenvalue weighted by molar-refractivity contribution is 5.68. The van der Waals surface area contributed by atoms with Crippen LogP contribution in [0.25, 0.3) is 11.2 Å². The summed E-state index contributed by atoms with van der Waals surface area (Å²) in [4.78, 5) is 27.3. The molecule has 4 aromatic rings. The van der Waals surface area contributed by atoms with E-state index >= 15 is 0 Å². The van der Waals surface area contributed by atoms with Crippen LogP contribution >= 0.6 is 0 Å². The van der Waals surface area contributed by atoms with E-state index in [4.69, 9.17) is 4.52 Å². The van der Waals surface area contributed by atoms with E-state index in [0.29, 0.717) is 35.1 Å². The molecule has 2 aliphatic rings. The fourth-order valence-electron chi connectivity index (χ4n) is 4.31. The van der Waals surface area contributed by atoms with Crippen molar-refractivity contribution in [1.82, 2.24) is 29.2 Å². The van der Waals surface area contributed by atoms with Crippen LogP contribution < -0.4 is 10.5 Å². The lowest BCUT2D eigenvalue weighted by atomic mass is 10.2. The molecule has 33 heavy (non-hydrogen) atoms. The average molecular weight is 455 g/mol. The van der Waals surface area contributed by atoms with Crippen LogP contribution in [0.5, 0.6) is 0 Å². The van der Waals surface area contributed by atoms with E-state index in [0.717, 1.165) is 17.7 Å². The smallest absolute Gasteiger partial charge is 0.347 e. The standard InChI is InChI=1S/C21H16F3N7O2/c1-29-9-25-19-17(29)20(32)31(10-26-19)8-15-27-18(28-33-15)16-13-6-30(7-14(13)16)12-4-2-11(3-5-12)21(22,23)24/h2-6,9-10,14,16H,7-8H2,1H3/t14-,16-/m0/s1. The average Bonchev–Trinajstić information content (AvgIpc) is 3.20. The second-order valence-electron chi connectivity index (χ2n) is 8.16. The molecule has 0 unspecified atom stereocenters. The predicted molar refractivity (Wildman–Crippen MR) is 109 cm³/mol. The molecule has 6 rings (SSSR count). The van der Waals surface area contributed by atoms with E-state index in [1.165, 1.54) is 29.4 Å². The maximum absolute atomic E-state index is 12.8. The summed E-state index contributed by atoms with van der Waals surface area (Å²) in [6.45, 7) is 0.726. The van der Waals surface area contributed by atoms with Crippen molar-refractivity contribution in [3.05, 3.63) is 76.3 Å². The van der Waals surface area contributed by atoms with Crippen molar-refractivity contribution in [3.63, 3.8) is 0 Å². The molecule has 3 aromatic heterocycles. The summed E-state index contributed by atoms with van der Waals surface area (Å²) in [5, 5.41) is 4.07. The number of aromatic nitrogens is 6. The van der Waals surface area contributed by atoms with Crippen LogP contribution in [0, 0.1) is 5.92 Å². The molecule has 0 saturated heterocycles. The van der Waals surface area contributed by atoms with Gasteiger partial charge < -0.3 is 14.0 Å². The van der Waals surface area contributed by atoms with E-state index in [1.54, 1.807) is 11.6 Å². The van der Waals surface area contributed by atoms with Gasteiger partial charge in [-0.2, -0.15) is 18.2 Å². The lowest BCUT2D eigenvalue weighted by molar-refractivity contribution is -0.137. The number of rotatable bonds is 4. The molecule has 1 saturated carbocycles. The number of halogens is 3. The second kappa shape index (κ2) is 6.77. The first-order chi connectivity index (χ1) is 15.8. The molecule has 0 amide bonds. The van der Waals surface area contributed by atoms with Crippen LogP contribution in [-0.4, -0.2) is 35.8 Å². The number of fused-ring (bicyclic) bond motifs is 2. The Hall–Kier alpha value is -3.96. The molecule has 9 nitrogen and oxygen atoms in total. The van der Waals surface area contributed by atoms with Gasteiger partial charge in [-0.25, -0.2) is 9.97 Å². The number of hydrogen-bond acceptors (Lipinski definition) is 7. The van der Waals surface area contributed by atoms with Crippen molar-refractivity contribution in [2.45, 2.75) is 18.6 Å². The number of alkyl halides is 3. The third-order valence-electron chi connectivity index (χ3n) is 6.07. The normalized spacial score (nSPS) is 19.8. The van der Waals surface area contributed by atoms with Crippen molar-refractivity contribution < 1.29 is 17.7 Å². The van der Waals surface area contributed by atoms with Gasteiger partial charge in [0.1, 0.15) is 12.9 Å². The van der Waals surface area contributed by atoms with Crippen LogP contribution in [0.1, 0.15) is 23.2 Å². The number of aryl methyl sites for hydroxylation is 1. The quantitative estimate of drug-likeness (QED) is 0.467. The SMILES string of the molecule is Cn1cnc2ncn(Cc3nc([C@H]4C5=CN(c6ccc(C(F)(F)F)cc6)C[C@@H]54)no3)c(=O)c21. The van der Waals surface area contributed by atoms with Crippen molar-refractivity contribution in [2.24, 2.45) is 13.0 Å². The van der Waals surface area contributed by atoms with Gasteiger partial charge in [-0.15, -0.1) is 0 Å². The Labute approximate surface area is 183 Å². The lowest BCUT2D eigenvalue weighted by Gasteiger charge is -2.18. The molecule has 168 valence electrons. The highest BCUT2D eigenvalue weighted by atomic mass is 19.4. The second-order valence-corrected chi connectivity index (χ2v) is 8.16. The first-order valence-electron chi connectivity index (χ1n) is 10.1. The van der Waals surface area contributed by atoms with Crippen molar-refractivity contribution in [1.29, 1.82) is 0 Å². The molecule has 4 heterocycles. The van der Waals surface area contributed by atoms with E-state index in [1.807, 2.05) is 11.1 Å². The first kappa shape index (κ1) is 19.7. The Morgan fingerprint density at radius 2 is 1.91 bits per heavy atom. The molecule has 0 radical (unpaired) electrons.